The SMILES string of the molecule is CC(C)C[S+]([O-])CC(C)(C)F. The van der Waals surface area contributed by atoms with Gasteiger partial charge < -0.3 is 4.55 Å². The lowest BCUT2D eigenvalue weighted by Crippen LogP contribution is -2.28. The molecule has 0 amide bonds. The maximum Gasteiger partial charge on any atom is 0.149 e. The van der Waals surface area contributed by atoms with E-state index in [4.69, 9.17) is 0 Å². The van der Waals surface area contributed by atoms with E-state index in [1.54, 1.807) is 0 Å². The predicted molar refractivity (Wildman–Crippen MR) is 47.9 cm³/mol. The zero-order chi connectivity index (χ0) is 9.07. The standard InChI is InChI=1S/C8H17FOS/c1-7(2)5-11(10)6-8(3,4)9/h7H,5-6H2,1-4H3. The summed E-state index contributed by atoms with van der Waals surface area (Å²) in [5, 5.41) is 0. The number of rotatable bonds is 4. The van der Waals surface area contributed by atoms with Crippen LogP contribution >= 0.6 is 0 Å². The molecule has 0 aliphatic carbocycles. The first kappa shape index (κ1) is 11.2. The van der Waals surface area contributed by atoms with Gasteiger partial charge in [0.05, 0.1) is 0 Å². The van der Waals surface area contributed by atoms with Gasteiger partial charge >= 0.3 is 0 Å². The molecule has 0 aromatic carbocycles. The lowest BCUT2D eigenvalue weighted by Gasteiger charge is -2.18. The fourth-order valence-electron chi connectivity index (χ4n) is 0.814. The first-order valence-electron chi connectivity index (χ1n) is 3.85. The molecule has 68 valence electrons. The van der Waals surface area contributed by atoms with E-state index in [1.807, 2.05) is 13.8 Å². The van der Waals surface area contributed by atoms with Crippen LogP contribution < -0.4 is 0 Å². The second kappa shape index (κ2) is 4.31. The summed E-state index contributed by atoms with van der Waals surface area (Å²) in [5.74, 6) is 1.15. The van der Waals surface area contributed by atoms with E-state index in [1.165, 1.54) is 13.8 Å². The second-order valence-electron chi connectivity index (χ2n) is 3.86. The maximum atomic E-state index is 12.9. The third-order valence-corrected chi connectivity index (χ3v) is 3.07. The summed E-state index contributed by atoms with van der Waals surface area (Å²) in [7, 11) is 0. The van der Waals surface area contributed by atoms with Crippen molar-refractivity contribution in [3.63, 3.8) is 0 Å². The van der Waals surface area contributed by atoms with Crippen LogP contribution in [0.2, 0.25) is 0 Å². The van der Waals surface area contributed by atoms with E-state index in [-0.39, 0.29) is 5.75 Å². The molecule has 0 aliphatic rings. The molecule has 0 rings (SSSR count). The van der Waals surface area contributed by atoms with Gasteiger partial charge in [-0.25, -0.2) is 4.39 Å². The molecule has 0 fully saturated rings. The molecular weight excluding hydrogens is 163 g/mol. The Balaban J connectivity index is 3.61. The molecule has 0 saturated heterocycles. The minimum Gasteiger partial charge on any atom is -0.616 e. The van der Waals surface area contributed by atoms with Crippen molar-refractivity contribution in [1.29, 1.82) is 0 Å². The van der Waals surface area contributed by atoms with Crippen LogP contribution in [0.25, 0.3) is 0 Å². The van der Waals surface area contributed by atoms with Crippen molar-refractivity contribution in [3.05, 3.63) is 0 Å². The third-order valence-electron chi connectivity index (χ3n) is 1.02. The van der Waals surface area contributed by atoms with Crippen molar-refractivity contribution in [2.75, 3.05) is 11.5 Å². The molecule has 1 atom stereocenters. The van der Waals surface area contributed by atoms with E-state index in [0.717, 1.165) is 0 Å². The van der Waals surface area contributed by atoms with Crippen molar-refractivity contribution in [2.45, 2.75) is 33.4 Å². The molecule has 0 heterocycles. The van der Waals surface area contributed by atoms with Gasteiger partial charge in [0.15, 0.2) is 0 Å². The van der Waals surface area contributed by atoms with Crippen LogP contribution in [0.5, 0.6) is 0 Å². The molecule has 0 N–H and O–H groups in total. The molecule has 0 saturated carbocycles. The Morgan fingerprint density at radius 3 is 2.18 bits per heavy atom. The van der Waals surface area contributed by atoms with Crippen LogP contribution in [0, 0.1) is 5.92 Å². The summed E-state index contributed by atoms with van der Waals surface area (Å²) in [4.78, 5) is 0. The Morgan fingerprint density at radius 2 is 1.91 bits per heavy atom. The summed E-state index contributed by atoms with van der Waals surface area (Å²) in [6.07, 6.45) is 0. The van der Waals surface area contributed by atoms with Crippen molar-refractivity contribution in [2.24, 2.45) is 5.92 Å². The summed E-state index contributed by atoms with van der Waals surface area (Å²) >= 11 is -0.995. The number of hydrogen-bond donors (Lipinski definition) is 0. The van der Waals surface area contributed by atoms with Gasteiger partial charge in [-0.15, -0.1) is 0 Å². The fraction of sp³-hybridized carbons (Fsp3) is 1.00. The molecule has 1 unspecified atom stereocenters. The number of hydrogen-bond acceptors (Lipinski definition) is 1. The summed E-state index contributed by atoms with van der Waals surface area (Å²) in [6, 6.07) is 0. The van der Waals surface area contributed by atoms with E-state index in [0.29, 0.717) is 11.7 Å². The van der Waals surface area contributed by atoms with Gasteiger partial charge in [-0.1, -0.05) is 25.0 Å². The van der Waals surface area contributed by atoms with E-state index >= 15 is 0 Å². The van der Waals surface area contributed by atoms with Crippen LogP contribution in [0.15, 0.2) is 0 Å². The Labute approximate surface area is 71.6 Å². The quantitative estimate of drug-likeness (QED) is 0.608. The summed E-state index contributed by atoms with van der Waals surface area (Å²) in [5.41, 5.74) is -1.29. The minimum absolute atomic E-state index is 0.158. The van der Waals surface area contributed by atoms with Gasteiger partial charge in [-0.2, -0.15) is 0 Å². The molecule has 11 heavy (non-hydrogen) atoms. The second-order valence-corrected chi connectivity index (χ2v) is 5.37. The van der Waals surface area contributed by atoms with Crippen LogP contribution in [0.4, 0.5) is 4.39 Å². The summed E-state index contributed by atoms with van der Waals surface area (Å²) < 4.78 is 24.0. The molecule has 0 aliphatic heterocycles. The molecule has 0 bridgehead atoms. The average Bonchev–Trinajstić information content (AvgIpc) is 1.53. The number of halogens is 1. The molecule has 0 aromatic rings. The molecular formula is C8H17FOS. The first-order valence-corrected chi connectivity index (χ1v) is 5.34. The van der Waals surface area contributed by atoms with Crippen molar-refractivity contribution in [1.82, 2.24) is 0 Å². The van der Waals surface area contributed by atoms with Gasteiger partial charge in [-0.3, -0.25) is 0 Å². The Hall–Kier alpha value is 0.240. The van der Waals surface area contributed by atoms with E-state index < -0.39 is 16.8 Å². The highest BCUT2D eigenvalue weighted by Gasteiger charge is 2.24. The molecule has 3 heteroatoms. The molecule has 0 spiro atoms. The van der Waals surface area contributed by atoms with Gasteiger partial charge in [0.2, 0.25) is 0 Å². The highest BCUT2D eigenvalue weighted by atomic mass is 32.2. The highest BCUT2D eigenvalue weighted by Crippen LogP contribution is 2.13. The van der Waals surface area contributed by atoms with Crippen LogP contribution in [0.3, 0.4) is 0 Å². The van der Waals surface area contributed by atoms with Crippen LogP contribution in [-0.4, -0.2) is 21.7 Å². The zero-order valence-electron chi connectivity index (χ0n) is 7.69. The Kier molecular flexibility index (Phi) is 4.41. The lowest BCUT2D eigenvalue weighted by molar-refractivity contribution is 0.248. The highest BCUT2D eigenvalue weighted by molar-refractivity contribution is 7.91. The third kappa shape index (κ3) is 8.14. The topological polar surface area (TPSA) is 23.1 Å². The Morgan fingerprint density at radius 1 is 1.45 bits per heavy atom. The van der Waals surface area contributed by atoms with E-state index in [9.17, 15) is 8.94 Å². The normalized spacial score (nSPS) is 15.5. The van der Waals surface area contributed by atoms with Crippen molar-refractivity contribution >= 4 is 11.2 Å². The zero-order valence-corrected chi connectivity index (χ0v) is 8.50. The van der Waals surface area contributed by atoms with Crippen LogP contribution in [0.1, 0.15) is 27.7 Å². The minimum atomic E-state index is -1.29. The van der Waals surface area contributed by atoms with Gasteiger partial charge in [-0.05, 0) is 19.8 Å². The van der Waals surface area contributed by atoms with Crippen molar-refractivity contribution < 1.29 is 8.94 Å². The summed E-state index contributed by atoms with van der Waals surface area (Å²) in [6.45, 7) is 6.91. The number of alkyl halides is 1. The fourth-order valence-corrected chi connectivity index (χ4v) is 2.44. The van der Waals surface area contributed by atoms with E-state index in [2.05, 4.69) is 0 Å². The van der Waals surface area contributed by atoms with Gasteiger partial charge in [0.1, 0.15) is 17.2 Å². The predicted octanol–water partition coefficient (Wildman–Crippen LogP) is 2.14. The largest absolute Gasteiger partial charge is 0.616 e. The lowest BCUT2D eigenvalue weighted by atomic mass is 10.2. The monoisotopic (exact) mass is 180 g/mol. The molecule has 0 aromatic heterocycles. The Bertz CT molecular complexity index is 109. The molecule has 0 radical (unpaired) electrons. The van der Waals surface area contributed by atoms with Crippen molar-refractivity contribution in [3.8, 4) is 0 Å². The van der Waals surface area contributed by atoms with Gasteiger partial charge in [0, 0.05) is 0 Å². The first-order chi connectivity index (χ1) is 4.81. The van der Waals surface area contributed by atoms with Gasteiger partial charge in [0.25, 0.3) is 0 Å². The maximum absolute atomic E-state index is 12.9. The smallest absolute Gasteiger partial charge is 0.149 e. The van der Waals surface area contributed by atoms with Crippen LogP contribution in [-0.2, 0) is 11.2 Å². The molecule has 1 nitrogen and oxygen atoms in total. The average molecular weight is 180 g/mol.